The van der Waals surface area contributed by atoms with Crippen LogP contribution in [-0.4, -0.2) is 52.8 Å². The lowest BCUT2D eigenvalue weighted by molar-refractivity contribution is -0.167. The molecule has 27 heavy (non-hydrogen) atoms. The van der Waals surface area contributed by atoms with Crippen LogP contribution in [0.4, 0.5) is 0 Å². The molecule has 1 saturated heterocycles. The number of amides is 1. The molecule has 2 aliphatic rings. The Morgan fingerprint density at radius 3 is 2.48 bits per heavy atom. The molecule has 1 saturated carbocycles. The first-order chi connectivity index (χ1) is 12.7. The lowest BCUT2D eigenvalue weighted by Crippen LogP contribution is -2.58. The fraction of sp³-hybridized carbons (Fsp3) is 0.619. The summed E-state index contributed by atoms with van der Waals surface area (Å²) in [7, 11) is 0. The Morgan fingerprint density at radius 1 is 1.19 bits per heavy atom. The van der Waals surface area contributed by atoms with E-state index in [4.69, 9.17) is 4.74 Å². The van der Waals surface area contributed by atoms with Crippen molar-refractivity contribution in [2.24, 2.45) is 11.3 Å². The zero-order chi connectivity index (χ0) is 19.8. The summed E-state index contributed by atoms with van der Waals surface area (Å²) in [5, 5.41) is 20.2. The van der Waals surface area contributed by atoms with E-state index >= 15 is 0 Å². The van der Waals surface area contributed by atoms with E-state index in [1.54, 1.807) is 4.90 Å². The predicted molar refractivity (Wildman–Crippen MR) is 101 cm³/mol. The Balaban J connectivity index is 1.70. The van der Waals surface area contributed by atoms with Gasteiger partial charge in [0.05, 0.1) is 6.10 Å². The van der Waals surface area contributed by atoms with Crippen molar-refractivity contribution in [1.29, 1.82) is 0 Å². The number of carboxylic acid groups (broad SMARTS) is 1. The monoisotopic (exact) mass is 375 g/mol. The number of likely N-dealkylation sites (tertiary alicyclic amines) is 1. The van der Waals surface area contributed by atoms with Crippen LogP contribution >= 0.6 is 0 Å². The lowest BCUT2D eigenvalue weighted by atomic mass is 9.73. The number of aliphatic carboxylic acids is 1. The summed E-state index contributed by atoms with van der Waals surface area (Å²) in [6.45, 7) is 6.18. The van der Waals surface area contributed by atoms with Crippen LogP contribution in [0.15, 0.2) is 12.1 Å². The zero-order valence-electron chi connectivity index (χ0n) is 16.3. The summed E-state index contributed by atoms with van der Waals surface area (Å²) in [5.41, 5.74) is 1.81. The quantitative estimate of drug-likeness (QED) is 0.798. The molecular weight excluding hydrogens is 346 g/mol. The third kappa shape index (κ3) is 3.95. The van der Waals surface area contributed by atoms with Crippen molar-refractivity contribution < 1.29 is 24.5 Å². The second kappa shape index (κ2) is 7.50. The maximum atomic E-state index is 12.7. The van der Waals surface area contributed by atoms with Crippen molar-refractivity contribution in [3.8, 4) is 5.75 Å². The molecular formula is C21H29NO5. The average molecular weight is 375 g/mol. The molecule has 1 amide bonds. The highest BCUT2D eigenvalue weighted by atomic mass is 16.5. The van der Waals surface area contributed by atoms with E-state index in [1.807, 2.05) is 32.9 Å². The highest BCUT2D eigenvalue weighted by molar-refractivity contribution is 5.81. The molecule has 0 spiro atoms. The number of carbonyl (C=O) groups is 2. The number of ether oxygens (including phenoxy) is 1. The molecule has 1 aromatic carbocycles. The molecule has 0 radical (unpaired) electrons. The van der Waals surface area contributed by atoms with Gasteiger partial charge in [-0.2, -0.15) is 0 Å². The molecule has 1 aromatic rings. The van der Waals surface area contributed by atoms with Gasteiger partial charge >= 0.3 is 5.97 Å². The van der Waals surface area contributed by atoms with E-state index in [1.165, 1.54) is 0 Å². The van der Waals surface area contributed by atoms with E-state index in [9.17, 15) is 19.8 Å². The van der Waals surface area contributed by atoms with Crippen molar-refractivity contribution in [3.05, 3.63) is 28.8 Å². The topological polar surface area (TPSA) is 87.1 Å². The molecule has 3 rings (SSSR count). The smallest absolute Gasteiger partial charge is 0.314 e. The van der Waals surface area contributed by atoms with Gasteiger partial charge in [-0.25, -0.2) is 0 Å². The molecule has 0 unspecified atom stereocenters. The number of hydrogen-bond acceptors (Lipinski definition) is 4. The molecule has 1 aliphatic carbocycles. The van der Waals surface area contributed by atoms with Gasteiger partial charge in [0.15, 0.2) is 6.61 Å². The summed E-state index contributed by atoms with van der Waals surface area (Å²) in [6.07, 6.45) is 1.81. The number of aliphatic hydroxyl groups excluding tert-OH is 1. The van der Waals surface area contributed by atoms with Crippen LogP contribution in [0.2, 0.25) is 0 Å². The number of carbonyl (C=O) groups excluding carboxylic acids is 1. The Hall–Kier alpha value is -2.08. The van der Waals surface area contributed by atoms with Gasteiger partial charge in [0.2, 0.25) is 0 Å². The standard InChI is InChI=1S/C21H29NO5/c1-13-4-5-14(2)19(15(13)3)27-11-18(24)22-9-8-17(23)21(12-22,20(25)26)10-16-6-7-16/h4-5,16-17,23H,6-12H2,1-3H3,(H,25,26)/t17-,21+/m1/s1. The molecule has 6 heteroatoms. The van der Waals surface area contributed by atoms with E-state index in [-0.39, 0.29) is 25.5 Å². The second-order valence-electron chi connectivity index (χ2n) is 8.17. The van der Waals surface area contributed by atoms with E-state index in [2.05, 4.69) is 0 Å². The summed E-state index contributed by atoms with van der Waals surface area (Å²) < 4.78 is 5.81. The first-order valence-corrected chi connectivity index (χ1v) is 9.63. The lowest BCUT2D eigenvalue weighted by Gasteiger charge is -2.43. The highest BCUT2D eigenvalue weighted by Crippen LogP contribution is 2.45. The minimum Gasteiger partial charge on any atom is -0.483 e. The van der Waals surface area contributed by atoms with Gasteiger partial charge in [-0.15, -0.1) is 0 Å². The number of aliphatic hydroxyl groups is 1. The number of rotatable bonds is 6. The maximum absolute atomic E-state index is 12.7. The maximum Gasteiger partial charge on any atom is 0.314 e. The Kier molecular flexibility index (Phi) is 5.47. The van der Waals surface area contributed by atoms with Crippen molar-refractivity contribution >= 4 is 11.9 Å². The Morgan fingerprint density at radius 2 is 1.85 bits per heavy atom. The molecule has 0 aromatic heterocycles. The van der Waals surface area contributed by atoms with Gasteiger partial charge in [-0.05, 0) is 56.2 Å². The average Bonchev–Trinajstić information content (AvgIpc) is 3.43. The van der Waals surface area contributed by atoms with Crippen molar-refractivity contribution in [2.75, 3.05) is 19.7 Å². The molecule has 2 N–H and O–H groups in total. The summed E-state index contributed by atoms with van der Waals surface area (Å²) >= 11 is 0. The third-order valence-electron chi connectivity index (χ3n) is 6.13. The van der Waals surface area contributed by atoms with Crippen molar-refractivity contribution in [1.82, 2.24) is 4.90 Å². The van der Waals surface area contributed by atoms with Gasteiger partial charge in [-0.1, -0.05) is 25.0 Å². The number of carboxylic acids is 1. The second-order valence-corrected chi connectivity index (χ2v) is 8.17. The van der Waals surface area contributed by atoms with Crippen LogP contribution in [0.1, 0.15) is 42.4 Å². The van der Waals surface area contributed by atoms with Crippen LogP contribution < -0.4 is 4.74 Å². The van der Waals surface area contributed by atoms with Crippen LogP contribution in [0.3, 0.4) is 0 Å². The van der Waals surface area contributed by atoms with Crippen molar-refractivity contribution in [3.63, 3.8) is 0 Å². The molecule has 6 nitrogen and oxygen atoms in total. The summed E-state index contributed by atoms with van der Waals surface area (Å²) in [4.78, 5) is 26.3. The Bertz CT molecular complexity index is 742. The zero-order valence-corrected chi connectivity index (χ0v) is 16.3. The SMILES string of the molecule is Cc1ccc(C)c(OCC(=O)N2CC[C@@H](O)[C@@](CC3CC3)(C(=O)O)C2)c1C. The fourth-order valence-electron chi connectivity index (χ4n) is 4.00. The van der Waals surface area contributed by atoms with Crippen LogP contribution in [0.5, 0.6) is 5.75 Å². The fourth-order valence-corrected chi connectivity index (χ4v) is 4.00. The molecule has 2 atom stereocenters. The van der Waals surface area contributed by atoms with Gasteiger partial charge in [0, 0.05) is 13.1 Å². The minimum absolute atomic E-state index is 0.0496. The van der Waals surface area contributed by atoms with E-state index < -0.39 is 17.5 Å². The summed E-state index contributed by atoms with van der Waals surface area (Å²) in [6, 6.07) is 3.98. The number of benzene rings is 1. The molecule has 2 fully saturated rings. The first kappa shape index (κ1) is 19.7. The first-order valence-electron chi connectivity index (χ1n) is 9.63. The van der Waals surface area contributed by atoms with Crippen LogP contribution in [0.25, 0.3) is 0 Å². The third-order valence-corrected chi connectivity index (χ3v) is 6.13. The van der Waals surface area contributed by atoms with Crippen molar-refractivity contribution in [2.45, 2.75) is 52.6 Å². The van der Waals surface area contributed by atoms with Gasteiger partial charge in [-0.3, -0.25) is 9.59 Å². The number of nitrogens with zero attached hydrogens (tertiary/aromatic N) is 1. The highest BCUT2D eigenvalue weighted by Gasteiger charge is 2.52. The molecule has 1 aliphatic heterocycles. The minimum atomic E-state index is -1.26. The van der Waals surface area contributed by atoms with Crippen LogP contribution in [-0.2, 0) is 9.59 Å². The number of hydrogen-bond donors (Lipinski definition) is 2. The van der Waals surface area contributed by atoms with Gasteiger partial charge in [0.25, 0.3) is 5.91 Å². The Labute approximate surface area is 160 Å². The summed E-state index contributed by atoms with van der Waals surface area (Å²) in [5.74, 6) is -0.183. The number of piperidine rings is 1. The predicted octanol–water partition coefficient (Wildman–Crippen LogP) is 2.45. The van der Waals surface area contributed by atoms with E-state index in [0.717, 1.165) is 29.5 Å². The largest absolute Gasteiger partial charge is 0.483 e. The van der Waals surface area contributed by atoms with Gasteiger partial charge in [0.1, 0.15) is 11.2 Å². The molecule has 0 bridgehead atoms. The van der Waals surface area contributed by atoms with Crippen LogP contribution in [0, 0.1) is 32.1 Å². The van der Waals surface area contributed by atoms with E-state index in [0.29, 0.717) is 24.6 Å². The normalized spacial score (nSPS) is 25.3. The van der Waals surface area contributed by atoms with Gasteiger partial charge < -0.3 is 19.8 Å². The number of aryl methyl sites for hydroxylation is 2. The molecule has 1 heterocycles. The molecule has 148 valence electrons.